The van der Waals surface area contributed by atoms with Crippen LogP contribution in [0.15, 0.2) is 5.38 Å². The molecule has 1 N–H and O–H groups in total. The van der Waals surface area contributed by atoms with Gasteiger partial charge in [0, 0.05) is 32.7 Å². The van der Waals surface area contributed by atoms with E-state index >= 15 is 0 Å². The van der Waals surface area contributed by atoms with Crippen molar-refractivity contribution in [1.82, 2.24) is 9.88 Å². The first kappa shape index (κ1) is 13.9. The SMILES string of the molecule is COC1CN(C(=O)c2nc(C(=O)O)cs2)CC1OC. The van der Waals surface area contributed by atoms with E-state index in [2.05, 4.69) is 4.98 Å². The van der Waals surface area contributed by atoms with Gasteiger partial charge in [-0.15, -0.1) is 11.3 Å². The maximum Gasteiger partial charge on any atom is 0.355 e. The van der Waals surface area contributed by atoms with E-state index in [1.54, 1.807) is 19.1 Å². The van der Waals surface area contributed by atoms with Gasteiger partial charge in [-0.2, -0.15) is 0 Å². The standard InChI is InChI=1S/C11H14N2O5S/c1-17-7-3-13(4-8(7)18-2)10(14)9-12-6(5-19-9)11(15)16/h5,7-8H,3-4H2,1-2H3,(H,15,16). The Hall–Kier alpha value is -1.51. The Balaban J connectivity index is 2.09. The van der Waals surface area contributed by atoms with E-state index in [9.17, 15) is 9.59 Å². The summed E-state index contributed by atoms with van der Waals surface area (Å²) in [5.74, 6) is -1.43. The van der Waals surface area contributed by atoms with E-state index in [0.29, 0.717) is 13.1 Å². The molecule has 0 aliphatic carbocycles. The molecule has 0 saturated carbocycles. The number of likely N-dealkylation sites (tertiary alicyclic amines) is 1. The highest BCUT2D eigenvalue weighted by Crippen LogP contribution is 2.20. The van der Waals surface area contributed by atoms with Crippen molar-refractivity contribution in [3.05, 3.63) is 16.1 Å². The summed E-state index contributed by atoms with van der Waals surface area (Å²) in [6, 6.07) is 0. The molecule has 8 heteroatoms. The molecule has 2 unspecified atom stereocenters. The topological polar surface area (TPSA) is 89.0 Å². The van der Waals surface area contributed by atoms with Crippen LogP contribution in [0.3, 0.4) is 0 Å². The minimum atomic E-state index is -1.14. The highest BCUT2D eigenvalue weighted by molar-refractivity contribution is 7.11. The molecule has 1 amide bonds. The van der Waals surface area contributed by atoms with Crippen molar-refractivity contribution in [3.63, 3.8) is 0 Å². The fourth-order valence-corrected chi connectivity index (χ4v) is 2.73. The number of nitrogens with zero attached hydrogens (tertiary/aromatic N) is 2. The van der Waals surface area contributed by atoms with Gasteiger partial charge >= 0.3 is 5.97 Å². The number of carbonyl (C=O) groups is 2. The molecule has 1 fully saturated rings. The third kappa shape index (κ3) is 2.75. The molecule has 1 aliphatic rings. The van der Waals surface area contributed by atoms with Crippen LogP contribution in [-0.4, -0.2) is 66.4 Å². The summed E-state index contributed by atoms with van der Waals surface area (Å²) in [7, 11) is 3.13. The van der Waals surface area contributed by atoms with Crippen molar-refractivity contribution >= 4 is 23.2 Å². The molecule has 0 spiro atoms. The lowest BCUT2D eigenvalue weighted by atomic mass is 10.3. The Morgan fingerprint density at radius 3 is 2.37 bits per heavy atom. The van der Waals surface area contributed by atoms with Gasteiger partial charge in [0.1, 0.15) is 12.2 Å². The van der Waals surface area contributed by atoms with Gasteiger partial charge in [0.05, 0.1) is 0 Å². The van der Waals surface area contributed by atoms with Gasteiger partial charge < -0.3 is 19.5 Å². The highest BCUT2D eigenvalue weighted by atomic mass is 32.1. The number of amides is 1. The van der Waals surface area contributed by atoms with Crippen molar-refractivity contribution in [2.45, 2.75) is 12.2 Å². The average molecular weight is 286 g/mol. The normalized spacial score (nSPS) is 22.7. The maximum absolute atomic E-state index is 12.2. The van der Waals surface area contributed by atoms with Gasteiger partial charge in [0.15, 0.2) is 10.7 Å². The second-order valence-corrected chi connectivity index (χ2v) is 4.96. The fraction of sp³-hybridized carbons (Fsp3) is 0.545. The van der Waals surface area contributed by atoms with E-state index in [4.69, 9.17) is 14.6 Å². The molecule has 7 nitrogen and oxygen atoms in total. The minimum absolute atomic E-state index is 0.112. The molecule has 0 radical (unpaired) electrons. The fourth-order valence-electron chi connectivity index (χ4n) is 1.97. The number of carboxylic acid groups (broad SMARTS) is 1. The second kappa shape index (κ2) is 5.64. The highest BCUT2D eigenvalue weighted by Gasteiger charge is 2.36. The number of thiazole rings is 1. The Labute approximate surface area is 113 Å². The van der Waals surface area contributed by atoms with Crippen LogP contribution in [-0.2, 0) is 9.47 Å². The molecule has 1 aliphatic heterocycles. The van der Waals surface area contributed by atoms with Gasteiger partial charge in [-0.1, -0.05) is 0 Å². The monoisotopic (exact) mass is 286 g/mol. The number of hydrogen-bond acceptors (Lipinski definition) is 6. The minimum Gasteiger partial charge on any atom is -0.476 e. The summed E-state index contributed by atoms with van der Waals surface area (Å²) in [6.45, 7) is 0.825. The van der Waals surface area contributed by atoms with Gasteiger partial charge in [-0.25, -0.2) is 9.78 Å². The number of rotatable bonds is 4. The molecule has 1 aromatic rings. The van der Waals surface area contributed by atoms with E-state index in [-0.39, 0.29) is 28.8 Å². The first-order valence-electron chi connectivity index (χ1n) is 5.60. The van der Waals surface area contributed by atoms with Gasteiger partial charge in [0.2, 0.25) is 0 Å². The summed E-state index contributed by atoms with van der Waals surface area (Å²) in [5.41, 5.74) is -0.112. The first-order chi connectivity index (χ1) is 9.06. The number of aromatic carboxylic acids is 1. The number of aromatic nitrogens is 1. The van der Waals surface area contributed by atoms with E-state index in [1.165, 1.54) is 5.38 Å². The molecule has 2 rings (SSSR count). The molecule has 19 heavy (non-hydrogen) atoms. The number of carbonyl (C=O) groups excluding carboxylic acids is 1. The first-order valence-corrected chi connectivity index (χ1v) is 6.48. The Kier molecular flexibility index (Phi) is 4.13. The largest absolute Gasteiger partial charge is 0.476 e. The zero-order valence-corrected chi connectivity index (χ0v) is 11.3. The lowest BCUT2D eigenvalue weighted by molar-refractivity contribution is -0.00461. The second-order valence-electron chi connectivity index (χ2n) is 4.10. The molecule has 2 heterocycles. The number of hydrogen-bond donors (Lipinski definition) is 1. The summed E-state index contributed by atoms with van der Waals surface area (Å²) in [5, 5.41) is 10.3. The van der Waals surface area contributed by atoms with Crippen LogP contribution in [0.4, 0.5) is 0 Å². The number of carboxylic acids is 1. The Morgan fingerprint density at radius 2 is 1.95 bits per heavy atom. The quantitative estimate of drug-likeness (QED) is 0.858. The van der Waals surface area contributed by atoms with Gasteiger partial charge in [-0.05, 0) is 0 Å². The van der Waals surface area contributed by atoms with Crippen molar-refractivity contribution in [1.29, 1.82) is 0 Å². The van der Waals surface area contributed by atoms with Crippen molar-refractivity contribution in [2.75, 3.05) is 27.3 Å². The van der Waals surface area contributed by atoms with Gasteiger partial charge in [-0.3, -0.25) is 4.79 Å². The maximum atomic E-state index is 12.2. The zero-order valence-electron chi connectivity index (χ0n) is 10.5. The summed E-state index contributed by atoms with van der Waals surface area (Å²) in [4.78, 5) is 28.3. The zero-order chi connectivity index (χ0) is 14.0. The van der Waals surface area contributed by atoms with Crippen molar-refractivity contribution in [3.8, 4) is 0 Å². The molecular weight excluding hydrogens is 272 g/mol. The van der Waals surface area contributed by atoms with Crippen LogP contribution < -0.4 is 0 Å². The number of ether oxygens (including phenoxy) is 2. The summed E-state index contributed by atoms with van der Waals surface area (Å²) < 4.78 is 10.5. The van der Waals surface area contributed by atoms with Crippen molar-refractivity contribution < 1.29 is 24.2 Å². The molecule has 0 bridgehead atoms. The van der Waals surface area contributed by atoms with Crippen LogP contribution in [0.25, 0.3) is 0 Å². The van der Waals surface area contributed by atoms with Crippen LogP contribution in [0.2, 0.25) is 0 Å². The van der Waals surface area contributed by atoms with Crippen LogP contribution in [0.1, 0.15) is 20.3 Å². The molecule has 1 aromatic heterocycles. The van der Waals surface area contributed by atoms with E-state index in [1.807, 2.05) is 0 Å². The molecular formula is C11H14N2O5S. The third-order valence-corrected chi connectivity index (χ3v) is 3.84. The van der Waals surface area contributed by atoms with E-state index in [0.717, 1.165) is 11.3 Å². The van der Waals surface area contributed by atoms with Crippen LogP contribution >= 0.6 is 11.3 Å². The van der Waals surface area contributed by atoms with Crippen LogP contribution in [0, 0.1) is 0 Å². The molecule has 2 atom stereocenters. The molecule has 104 valence electrons. The molecule has 0 aromatic carbocycles. The summed E-state index contributed by atoms with van der Waals surface area (Å²) in [6.07, 6.45) is -0.347. The van der Waals surface area contributed by atoms with E-state index < -0.39 is 5.97 Å². The molecule has 1 saturated heterocycles. The Bertz CT molecular complexity index is 477. The van der Waals surface area contributed by atoms with Crippen LogP contribution in [0.5, 0.6) is 0 Å². The smallest absolute Gasteiger partial charge is 0.355 e. The lowest BCUT2D eigenvalue weighted by Crippen LogP contribution is -2.30. The predicted molar refractivity (Wildman–Crippen MR) is 66.6 cm³/mol. The van der Waals surface area contributed by atoms with Crippen molar-refractivity contribution in [2.24, 2.45) is 0 Å². The van der Waals surface area contributed by atoms with Gasteiger partial charge in [0.25, 0.3) is 5.91 Å². The Morgan fingerprint density at radius 1 is 1.37 bits per heavy atom. The third-order valence-electron chi connectivity index (χ3n) is 3.01. The predicted octanol–water partition coefficient (Wildman–Crippen LogP) is 0.327. The lowest BCUT2D eigenvalue weighted by Gasteiger charge is -2.13. The summed E-state index contributed by atoms with van der Waals surface area (Å²) >= 11 is 1.03. The average Bonchev–Trinajstić information content (AvgIpc) is 3.04. The number of methoxy groups -OCH3 is 2.